The van der Waals surface area contributed by atoms with Crippen molar-refractivity contribution in [3.8, 4) is 17.6 Å². The lowest BCUT2D eigenvalue weighted by Crippen LogP contribution is -2.50. The van der Waals surface area contributed by atoms with E-state index in [9.17, 15) is 14.7 Å². The minimum Gasteiger partial charge on any atom is -0.489 e. The van der Waals surface area contributed by atoms with Gasteiger partial charge >= 0.3 is 6.03 Å². The van der Waals surface area contributed by atoms with Crippen LogP contribution in [0.25, 0.3) is 0 Å². The molecule has 9 heteroatoms. The summed E-state index contributed by atoms with van der Waals surface area (Å²) < 4.78 is 6.99. The van der Waals surface area contributed by atoms with Crippen LogP contribution in [0.2, 0.25) is 0 Å². The van der Waals surface area contributed by atoms with Crippen LogP contribution in [-0.4, -0.2) is 57.1 Å². The first kappa shape index (κ1) is 24.0. The number of ether oxygens (including phenoxy) is 1. The molecule has 2 N–H and O–H groups in total. The summed E-state index contributed by atoms with van der Waals surface area (Å²) in [5, 5.41) is 16.7. The summed E-state index contributed by atoms with van der Waals surface area (Å²) >= 11 is 0. The highest BCUT2D eigenvalue weighted by Crippen LogP contribution is 2.31. The Morgan fingerprint density at radius 2 is 2.06 bits per heavy atom. The maximum atomic E-state index is 13.1. The Morgan fingerprint density at radius 3 is 2.77 bits per heavy atom. The zero-order chi connectivity index (χ0) is 25.2. The van der Waals surface area contributed by atoms with Crippen LogP contribution in [-0.2, 0) is 11.2 Å². The highest BCUT2D eigenvalue weighted by Gasteiger charge is 2.31. The molecule has 9 nitrogen and oxygen atoms in total. The van der Waals surface area contributed by atoms with E-state index in [1.165, 1.54) is 9.58 Å². The molecule has 1 atom stereocenters. The second-order valence-corrected chi connectivity index (χ2v) is 8.98. The number of fused-ring (bicyclic) bond motifs is 1. The molecule has 0 radical (unpaired) electrons. The third kappa shape index (κ3) is 5.86. The molecular weight excluding hydrogens is 446 g/mol. The van der Waals surface area contributed by atoms with Crippen LogP contribution in [0.5, 0.6) is 5.75 Å². The van der Waals surface area contributed by atoms with Gasteiger partial charge in [-0.05, 0) is 56.2 Å². The second kappa shape index (κ2) is 9.60. The molecule has 0 fully saturated rings. The molecule has 180 valence electrons. The van der Waals surface area contributed by atoms with Crippen LogP contribution in [0.3, 0.4) is 0 Å². The highest BCUT2D eigenvalue weighted by molar-refractivity contribution is 6.00. The van der Waals surface area contributed by atoms with Crippen molar-refractivity contribution in [2.75, 3.05) is 18.6 Å². The summed E-state index contributed by atoms with van der Waals surface area (Å²) in [6.45, 7) is 5.08. The number of carbonyl (C=O) groups excluding carboxylic acids is 2. The Hall–Kier alpha value is -4.16. The first-order valence-electron chi connectivity index (χ1n) is 11.1. The van der Waals surface area contributed by atoms with Gasteiger partial charge in [0.25, 0.3) is 5.91 Å². The van der Waals surface area contributed by atoms with E-state index >= 15 is 0 Å². The van der Waals surface area contributed by atoms with E-state index in [-0.39, 0.29) is 12.5 Å². The van der Waals surface area contributed by atoms with Gasteiger partial charge in [0.2, 0.25) is 0 Å². The van der Waals surface area contributed by atoms with E-state index in [0.717, 1.165) is 16.8 Å². The van der Waals surface area contributed by atoms with E-state index in [1.807, 2.05) is 19.1 Å². The summed E-state index contributed by atoms with van der Waals surface area (Å²) in [7, 11) is 1.61. The van der Waals surface area contributed by atoms with Crippen molar-refractivity contribution < 1.29 is 19.4 Å². The van der Waals surface area contributed by atoms with Crippen molar-refractivity contribution in [3.05, 3.63) is 71.3 Å². The predicted molar refractivity (Wildman–Crippen MR) is 130 cm³/mol. The zero-order valence-electron chi connectivity index (χ0n) is 20.1. The number of rotatable bonds is 3. The quantitative estimate of drug-likeness (QED) is 0.565. The van der Waals surface area contributed by atoms with Gasteiger partial charge in [-0.2, -0.15) is 9.78 Å². The van der Waals surface area contributed by atoms with Crippen LogP contribution >= 0.6 is 0 Å². The van der Waals surface area contributed by atoms with Gasteiger partial charge in [-0.25, -0.2) is 4.79 Å². The predicted octanol–water partition coefficient (Wildman–Crippen LogP) is 2.28. The summed E-state index contributed by atoms with van der Waals surface area (Å²) in [4.78, 5) is 31.6. The summed E-state index contributed by atoms with van der Waals surface area (Å²) in [6, 6.07) is 7.67. The van der Waals surface area contributed by atoms with Gasteiger partial charge < -0.3 is 20.1 Å². The molecule has 0 aliphatic carbocycles. The molecule has 3 aromatic rings. The van der Waals surface area contributed by atoms with Crippen molar-refractivity contribution in [2.24, 2.45) is 0 Å². The number of hydrogen-bond donors (Lipinski definition) is 2. The minimum atomic E-state index is -1.14. The molecule has 1 aromatic carbocycles. The summed E-state index contributed by atoms with van der Waals surface area (Å²) in [5.41, 5.74) is 2.81. The van der Waals surface area contributed by atoms with Crippen molar-refractivity contribution in [1.82, 2.24) is 20.1 Å². The van der Waals surface area contributed by atoms with Gasteiger partial charge in [0, 0.05) is 37.1 Å². The third-order valence-electron chi connectivity index (χ3n) is 5.39. The fraction of sp³-hybridized carbons (Fsp3) is 0.308. The fourth-order valence-electron chi connectivity index (χ4n) is 3.52. The van der Waals surface area contributed by atoms with E-state index < -0.39 is 17.7 Å². The molecular formula is C26H27N5O4. The summed E-state index contributed by atoms with van der Waals surface area (Å²) in [6.07, 6.45) is 5.62. The smallest absolute Gasteiger partial charge is 0.342 e. The maximum absolute atomic E-state index is 13.1. The van der Waals surface area contributed by atoms with Gasteiger partial charge in [-0.3, -0.25) is 9.78 Å². The Kier molecular flexibility index (Phi) is 6.58. The summed E-state index contributed by atoms with van der Waals surface area (Å²) in [5.74, 6) is 5.82. The average Bonchev–Trinajstić information content (AvgIpc) is 3.25. The molecule has 1 aliphatic heterocycles. The van der Waals surface area contributed by atoms with Gasteiger partial charge in [0.05, 0.1) is 11.9 Å². The lowest BCUT2D eigenvalue weighted by Gasteiger charge is -2.20. The topological polar surface area (TPSA) is 110 Å². The molecule has 1 aliphatic rings. The molecule has 3 heterocycles. The first-order chi connectivity index (χ1) is 16.6. The van der Waals surface area contributed by atoms with Gasteiger partial charge in [-0.1, -0.05) is 17.9 Å². The van der Waals surface area contributed by atoms with Crippen molar-refractivity contribution >= 4 is 17.6 Å². The van der Waals surface area contributed by atoms with E-state index in [1.54, 1.807) is 57.7 Å². The number of hydrogen-bond acceptors (Lipinski definition) is 6. The van der Waals surface area contributed by atoms with Crippen LogP contribution in [0.4, 0.5) is 10.5 Å². The number of pyridine rings is 1. The van der Waals surface area contributed by atoms with E-state index in [0.29, 0.717) is 23.4 Å². The maximum Gasteiger partial charge on any atom is 0.342 e. The largest absolute Gasteiger partial charge is 0.489 e. The molecule has 0 saturated carbocycles. The number of aryl methyl sites for hydroxylation is 1. The Bertz CT molecular complexity index is 1310. The number of carbonyl (C=O) groups is 2. The monoisotopic (exact) mass is 473 g/mol. The number of nitrogens with one attached hydrogen (secondary N) is 1. The SMILES string of the molecule is Cc1ccc(Cc2cnn(C(=O)N[C@@H]3COc4ccc(C#CC(C)(C)O)cc4N(C)C3=O)c2)cn1. The molecule has 2 amide bonds. The number of anilines is 1. The Labute approximate surface area is 203 Å². The fourth-order valence-corrected chi connectivity index (χ4v) is 3.52. The van der Waals surface area contributed by atoms with Gasteiger partial charge in [0.15, 0.2) is 0 Å². The molecule has 0 saturated heterocycles. The number of benzene rings is 1. The molecule has 0 bridgehead atoms. The Morgan fingerprint density at radius 1 is 1.26 bits per heavy atom. The number of likely N-dealkylation sites (N-methyl/N-ethyl adjacent to an activating group) is 1. The van der Waals surface area contributed by atoms with Crippen LogP contribution in [0, 0.1) is 18.8 Å². The molecule has 4 rings (SSSR count). The van der Waals surface area contributed by atoms with E-state index in [4.69, 9.17) is 4.74 Å². The minimum absolute atomic E-state index is 0.0280. The van der Waals surface area contributed by atoms with E-state index in [2.05, 4.69) is 27.2 Å². The standard InChI is InChI=1S/C26H27N5O4/c1-17-5-6-19(13-27-17)11-20-14-28-31(15-20)25(33)29-21-16-35-23-8-7-18(9-10-26(2,3)34)12-22(23)30(4)24(21)32/h5-8,12-15,21,34H,11,16H2,1-4H3,(H,29,33)/t21-/m1/s1. The molecule has 35 heavy (non-hydrogen) atoms. The molecule has 0 unspecified atom stereocenters. The number of amides is 2. The lowest BCUT2D eigenvalue weighted by atomic mass is 10.1. The highest BCUT2D eigenvalue weighted by atomic mass is 16.5. The number of nitrogens with zero attached hydrogens (tertiary/aromatic N) is 4. The Balaban J connectivity index is 1.45. The number of aromatic nitrogens is 3. The molecule has 0 spiro atoms. The van der Waals surface area contributed by atoms with Gasteiger partial charge in [0.1, 0.15) is 24.0 Å². The number of aliphatic hydroxyl groups is 1. The van der Waals surface area contributed by atoms with Crippen LogP contribution in [0.1, 0.15) is 36.2 Å². The van der Waals surface area contributed by atoms with Crippen molar-refractivity contribution in [3.63, 3.8) is 0 Å². The van der Waals surface area contributed by atoms with Crippen LogP contribution < -0.4 is 15.0 Å². The average molecular weight is 474 g/mol. The normalized spacial score (nSPS) is 15.4. The van der Waals surface area contributed by atoms with Crippen molar-refractivity contribution in [1.29, 1.82) is 0 Å². The zero-order valence-corrected chi connectivity index (χ0v) is 20.1. The van der Waals surface area contributed by atoms with Gasteiger partial charge in [-0.15, -0.1) is 0 Å². The third-order valence-corrected chi connectivity index (χ3v) is 5.39. The first-order valence-corrected chi connectivity index (χ1v) is 11.1. The lowest BCUT2D eigenvalue weighted by molar-refractivity contribution is -0.120. The second-order valence-electron chi connectivity index (χ2n) is 8.98. The van der Waals surface area contributed by atoms with Crippen LogP contribution in [0.15, 0.2) is 48.9 Å². The molecule has 2 aromatic heterocycles. The van der Waals surface area contributed by atoms with Crippen molar-refractivity contribution in [2.45, 2.75) is 38.8 Å².